The van der Waals surface area contributed by atoms with Crippen LogP contribution in [0.5, 0.6) is 0 Å². The highest BCUT2D eigenvalue weighted by Crippen LogP contribution is 2.18. The maximum atomic E-state index is 11.9. The molecular formula is C16H22O3. The molecule has 1 atom stereocenters. The lowest BCUT2D eigenvalue weighted by Gasteiger charge is -2.19. The largest absolute Gasteiger partial charge is 0.456 e. The fraction of sp³-hybridized carbons (Fsp3) is 0.562. The van der Waals surface area contributed by atoms with Crippen molar-refractivity contribution in [3.05, 3.63) is 35.4 Å². The summed E-state index contributed by atoms with van der Waals surface area (Å²) in [5, 5.41) is 0. The second-order valence-corrected chi connectivity index (χ2v) is 6.04. The third-order valence-corrected chi connectivity index (χ3v) is 3.08. The van der Waals surface area contributed by atoms with E-state index in [0.29, 0.717) is 11.7 Å². The number of carbonyl (C=O) groups excluding carboxylic acids is 1. The van der Waals surface area contributed by atoms with Gasteiger partial charge in [0.2, 0.25) is 0 Å². The van der Waals surface area contributed by atoms with E-state index in [4.69, 9.17) is 9.47 Å². The van der Waals surface area contributed by atoms with Crippen LogP contribution in [-0.4, -0.2) is 24.3 Å². The summed E-state index contributed by atoms with van der Waals surface area (Å²) in [4.78, 5) is 11.9. The minimum Gasteiger partial charge on any atom is -0.456 e. The van der Waals surface area contributed by atoms with Crippen LogP contribution in [0.2, 0.25) is 0 Å². The zero-order valence-corrected chi connectivity index (χ0v) is 11.9. The van der Waals surface area contributed by atoms with Crippen LogP contribution in [0, 0.1) is 0 Å². The first-order valence-electron chi connectivity index (χ1n) is 6.88. The maximum Gasteiger partial charge on any atom is 0.338 e. The van der Waals surface area contributed by atoms with Gasteiger partial charge in [0.1, 0.15) is 5.60 Å². The molecule has 2 rings (SSSR count). The van der Waals surface area contributed by atoms with Crippen molar-refractivity contribution < 1.29 is 14.3 Å². The Morgan fingerprint density at radius 2 is 2.00 bits per heavy atom. The zero-order valence-electron chi connectivity index (χ0n) is 11.9. The van der Waals surface area contributed by atoms with Crippen molar-refractivity contribution in [2.45, 2.75) is 51.7 Å². The van der Waals surface area contributed by atoms with E-state index in [1.807, 2.05) is 45.0 Å². The third-order valence-electron chi connectivity index (χ3n) is 3.08. The Bertz CT molecular complexity index is 422. The van der Waals surface area contributed by atoms with E-state index in [2.05, 4.69) is 0 Å². The molecule has 1 fully saturated rings. The molecule has 1 aromatic rings. The summed E-state index contributed by atoms with van der Waals surface area (Å²) >= 11 is 0. The number of hydrogen-bond acceptors (Lipinski definition) is 3. The standard InChI is InChI=1S/C16H22O3/c1-16(2,3)19-15(17)13-8-6-12(7-9-13)11-14-5-4-10-18-14/h6-9,14H,4-5,10-11H2,1-3H3. The van der Waals surface area contributed by atoms with Gasteiger partial charge in [-0.15, -0.1) is 0 Å². The smallest absolute Gasteiger partial charge is 0.338 e. The molecule has 1 aliphatic heterocycles. The average Bonchev–Trinajstić information content (AvgIpc) is 2.80. The van der Waals surface area contributed by atoms with E-state index in [1.54, 1.807) is 0 Å². The Morgan fingerprint density at radius 1 is 1.32 bits per heavy atom. The quantitative estimate of drug-likeness (QED) is 0.783. The summed E-state index contributed by atoms with van der Waals surface area (Å²) in [6.45, 7) is 6.49. The molecule has 1 aromatic carbocycles. The Balaban J connectivity index is 1.95. The lowest BCUT2D eigenvalue weighted by molar-refractivity contribution is 0.00695. The number of benzene rings is 1. The van der Waals surface area contributed by atoms with Crippen LogP contribution in [0.1, 0.15) is 49.5 Å². The first kappa shape index (κ1) is 14.1. The molecule has 3 heteroatoms. The van der Waals surface area contributed by atoms with Crippen molar-refractivity contribution >= 4 is 5.97 Å². The monoisotopic (exact) mass is 262 g/mol. The predicted octanol–water partition coefficient (Wildman–Crippen LogP) is 3.36. The van der Waals surface area contributed by atoms with Crippen LogP contribution in [0.25, 0.3) is 0 Å². The van der Waals surface area contributed by atoms with Gasteiger partial charge in [-0.3, -0.25) is 0 Å². The molecule has 1 saturated heterocycles. The van der Waals surface area contributed by atoms with Crippen molar-refractivity contribution in [3.8, 4) is 0 Å². The Hall–Kier alpha value is -1.35. The van der Waals surface area contributed by atoms with Crippen LogP contribution in [0.4, 0.5) is 0 Å². The molecule has 0 spiro atoms. The number of esters is 1. The third kappa shape index (κ3) is 4.35. The van der Waals surface area contributed by atoms with Gasteiger partial charge < -0.3 is 9.47 Å². The summed E-state index contributed by atoms with van der Waals surface area (Å²) < 4.78 is 10.9. The summed E-state index contributed by atoms with van der Waals surface area (Å²) in [5.41, 5.74) is 1.36. The van der Waals surface area contributed by atoms with E-state index < -0.39 is 5.60 Å². The SMILES string of the molecule is CC(C)(C)OC(=O)c1ccc(CC2CCCO2)cc1. The summed E-state index contributed by atoms with van der Waals surface area (Å²) in [7, 11) is 0. The van der Waals surface area contributed by atoms with Crippen molar-refractivity contribution in [2.24, 2.45) is 0 Å². The molecule has 0 N–H and O–H groups in total. The molecule has 19 heavy (non-hydrogen) atoms. The first-order chi connectivity index (χ1) is 8.94. The van der Waals surface area contributed by atoms with E-state index in [-0.39, 0.29) is 5.97 Å². The molecule has 1 unspecified atom stereocenters. The van der Waals surface area contributed by atoms with Gasteiger partial charge in [-0.25, -0.2) is 4.79 Å². The number of rotatable bonds is 3. The minimum atomic E-state index is -0.451. The van der Waals surface area contributed by atoms with Crippen LogP contribution in [-0.2, 0) is 15.9 Å². The fourth-order valence-corrected chi connectivity index (χ4v) is 2.18. The number of hydrogen-bond donors (Lipinski definition) is 0. The first-order valence-corrected chi connectivity index (χ1v) is 6.88. The second kappa shape index (κ2) is 5.74. The van der Waals surface area contributed by atoms with E-state index >= 15 is 0 Å². The molecule has 1 aliphatic rings. The van der Waals surface area contributed by atoms with Crippen molar-refractivity contribution in [1.29, 1.82) is 0 Å². The van der Waals surface area contributed by atoms with Gasteiger partial charge in [0, 0.05) is 6.61 Å². The highest BCUT2D eigenvalue weighted by molar-refractivity contribution is 5.89. The van der Waals surface area contributed by atoms with Crippen LogP contribution >= 0.6 is 0 Å². The summed E-state index contributed by atoms with van der Waals surface area (Å²) in [6.07, 6.45) is 3.55. The minimum absolute atomic E-state index is 0.267. The van der Waals surface area contributed by atoms with Gasteiger partial charge in [-0.1, -0.05) is 12.1 Å². The van der Waals surface area contributed by atoms with Crippen LogP contribution in [0.15, 0.2) is 24.3 Å². The van der Waals surface area contributed by atoms with Gasteiger partial charge in [-0.2, -0.15) is 0 Å². The molecule has 0 radical (unpaired) electrons. The molecule has 0 aliphatic carbocycles. The molecule has 3 nitrogen and oxygen atoms in total. The van der Waals surface area contributed by atoms with Crippen LogP contribution < -0.4 is 0 Å². The molecule has 0 aromatic heterocycles. The Morgan fingerprint density at radius 3 is 2.53 bits per heavy atom. The van der Waals surface area contributed by atoms with Gasteiger partial charge in [0.15, 0.2) is 0 Å². The number of ether oxygens (including phenoxy) is 2. The van der Waals surface area contributed by atoms with Gasteiger partial charge >= 0.3 is 5.97 Å². The zero-order chi connectivity index (χ0) is 13.9. The predicted molar refractivity (Wildman–Crippen MR) is 74.3 cm³/mol. The molecule has 1 heterocycles. The van der Waals surface area contributed by atoms with Gasteiger partial charge in [0.25, 0.3) is 0 Å². The molecule has 0 saturated carbocycles. The summed E-state index contributed by atoms with van der Waals surface area (Å²) in [6, 6.07) is 7.64. The van der Waals surface area contributed by atoms with E-state index in [0.717, 1.165) is 25.9 Å². The lowest BCUT2D eigenvalue weighted by Crippen LogP contribution is -2.23. The van der Waals surface area contributed by atoms with Crippen molar-refractivity contribution in [2.75, 3.05) is 6.61 Å². The van der Waals surface area contributed by atoms with Gasteiger partial charge in [0.05, 0.1) is 11.7 Å². The normalized spacial score (nSPS) is 19.4. The maximum absolute atomic E-state index is 11.9. The van der Waals surface area contributed by atoms with E-state index in [9.17, 15) is 4.79 Å². The number of carbonyl (C=O) groups is 1. The Labute approximate surface area is 114 Å². The average molecular weight is 262 g/mol. The van der Waals surface area contributed by atoms with Gasteiger partial charge in [-0.05, 0) is 57.7 Å². The lowest BCUT2D eigenvalue weighted by atomic mass is 10.0. The molecule has 104 valence electrons. The highest BCUT2D eigenvalue weighted by Gasteiger charge is 2.19. The van der Waals surface area contributed by atoms with Crippen LogP contribution in [0.3, 0.4) is 0 Å². The fourth-order valence-electron chi connectivity index (χ4n) is 2.18. The Kier molecular flexibility index (Phi) is 4.25. The van der Waals surface area contributed by atoms with Crippen molar-refractivity contribution in [1.82, 2.24) is 0 Å². The highest BCUT2D eigenvalue weighted by atomic mass is 16.6. The molecular weight excluding hydrogens is 240 g/mol. The summed E-state index contributed by atoms with van der Waals surface area (Å²) in [5.74, 6) is -0.267. The second-order valence-electron chi connectivity index (χ2n) is 6.04. The molecule has 0 bridgehead atoms. The van der Waals surface area contributed by atoms with Crippen molar-refractivity contribution in [3.63, 3.8) is 0 Å². The molecule has 0 amide bonds. The van der Waals surface area contributed by atoms with E-state index in [1.165, 1.54) is 5.56 Å². The topological polar surface area (TPSA) is 35.5 Å².